The van der Waals surface area contributed by atoms with Gasteiger partial charge in [-0.15, -0.1) is 0 Å². The van der Waals surface area contributed by atoms with Crippen LogP contribution in [0.2, 0.25) is 0 Å². The van der Waals surface area contributed by atoms with Crippen LogP contribution in [0.4, 0.5) is 0 Å². The molecule has 3 rings (SSSR count). The fourth-order valence-electron chi connectivity index (χ4n) is 3.36. The SMILES string of the molecule is Cc1cc2c([nH]c1=O)=CCC(C(O)(CCN(C)C)c1ccccn1)C=2. The molecule has 0 saturated heterocycles. The van der Waals surface area contributed by atoms with Gasteiger partial charge in [0.05, 0.1) is 5.69 Å². The number of rotatable bonds is 5. The van der Waals surface area contributed by atoms with Crippen LogP contribution in [0, 0.1) is 12.8 Å². The van der Waals surface area contributed by atoms with Crippen LogP contribution in [-0.4, -0.2) is 40.6 Å². The van der Waals surface area contributed by atoms with Crippen molar-refractivity contribution in [3.8, 4) is 0 Å². The number of H-pyrrole nitrogens is 1. The number of hydrogen-bond acceptors (Lipinski definition) is 4. The third kappa shape index (κ3) is 3.57. The number of aromatic nitrogens is 2. The minimum Gasteiger partial charge on any atom is -0.383 e. The number of aromatic amines is 1. The molecule has 5 heteroatoms. The van der Waals surface area contributed by atoms with E-state index in [-0.39, 0.29) is 11.5 Å². The molecule has 1 aliphatic rings. The molecule has 2 aromatic rings. The van der Waals surface area contributed by atoms with E-state index < -0.39 is 5.60 Å². The molecule has 0 spiro atoms. The Hall–Kier alpha value is -2.24. The fraction of sp³-hybridized carbons (Fsp3) is 0.400. The Morgan fingerprint density at radius 1 is 1.40 bits per heavy atom. The van der Waals surface area contributed by atoms with Crippen LogP contribution in [0.3, 0.4) is 0 Å². The van der Waals surface area contributed by atoms with Crippen molar-refractivity contribution in [1.82, 2.24) is 14.9 Å². The first-order valence-corrected chi connectivity index (χ1v) is 8.61. The van der Waals surface area contributed by atoms with E-state index in [1.807, 2.05) is 44.4 Å². The molecule has 0 aliphatic heterocycles. The Morgan fingerprint density at radius 2 is 2.20 bits per heavy atom. The number of hydrogen-bond donors (Lipinski definition) is 2. The predicted octanol–water partition coefficient (Wildman–Crippen LogP) is 0.499. The molecular weight excluding hydrogens is 314 g/mol. The lowest BCUT2D eigenvalue weighted by Gasteiger charge is -2.35. The van der Waals surface area contributed by atoms with Crippen LogP contribution in [0.1, 0.15) is 24.1 Å². The molecule has 0 bridgehead atoms. The van der Waals surface area contributed by atoms with Gasteiger partial charge in [-0.05, 0) is 57.3 Å². The third-order valence-corrected chi connectivity index (χ3v) is 4.91. The first-order valence-electron chi connectivity index (χ1n) is 8.61. The molecule has 0 saturated carbocycles. The number of fused-ring (bicyclic) bond motifs is 1. The lowest BCUT2D eigenvalue weighted by Crippen LogP contribution is -2.44. The summed E-state index contributed by atoms with van der Waals surface area (Å²) < 4.78 is 0. The number of aryl methyl sites for hydroxylation is 1. The fourth-order valence-corrected chi connectivity index (χ4v) is 3.36. The lowest BCUT2D eigenvalue weighted by molar-refractivity contribution is -0.0160. The van der Waals surface area contributed by atoms with Gasteiger partial charge in [0.15, 0.2) is 0 Å². The standard InChI is InChI=1S/C20H25N3O2/c1-14-12-15-13-16(7-8-17(15)22-19(14)24)20(25,9-11-23(2)3)18-6-4-5-10-21-18/h4-6,8,10,12-13,16,25H,7,9,11H2,1-3H3,(H,22,24). The van der Waals surface area contributed by atoms with Crippen molar-refractivity contribution in [1.29, 1.82) is 0 Å². The Balaban J connectivity index is 2.06. The van der Waals surface area contributed by atoms with Crippen LogP contribution in [-0.2, 0) is 5.60 Å². The highest BCUT2D eigenvalue weighted by molar-refractivity contribution is 5.42. The minimum atomic E-state index is -1.05. The largest absolute Gasteiger partial charge is 0.383 e. The molecule has 0 fully saturated rings. The van der Waals surface area contributed by atoms with Gasteiger partial charge >= 0.3 is 0 Å². The summed E-state index contributed by atoms with van der Waals surface area (Å²) in [7, 11) is 4.00. The van der Waals surface area contributed by atoms with Gasteiger partial charge < -0.3 is 15.0 Å². The zero-order chi connectivity index (χ0) is 18.0. The molecule has 2 unspecified atom stereocenters. The average molecular weight is 339 g/mol. The van der Waals surface area contributed by atoms with Gasteiger partial charge in [-0.3, -0.25) is 9.78 Å². The Labute approximate surface area is 147 Å². The molecule has 25 heavy (non-hydrogen) atoms. The summed E-state index contributed by atoms with van der Waals surface area (Å²) in [5.41, 5.74) is 0.258. The first-order chi connectivity index (χ1) is 11.9. The molecule has 132 valence electrons. The summed E-state index contributed by atoms with van der Waals surface area (Å²) in [6.07, 6.45) is 7.04. The predicted molar refractivity (Wildman–Crippen MR) is 99.4 cm³/mol. The topological polar surface area (TPSA) is 69.2 Å². The zero-order valence-corrected chi connectivity index (χ0v) is 15.0. The number of nitrogens with one attached hydrogen (secondary N) is 1. The molecule has 1 aliphatic carbocycles. The van der Waals surface area contributed by atoms with Gasteiger partial charge in [-0.25, -0.2) is 0 Å². The normalized spacial score (nSPS) is 18.8. The molecule has 2 atom stereocenters. The third-order valence-electron chi connectivity index (χ3n) is 4.91. The summed E-state index contributed by atoms with van der Waals surface area (Å²) in [6, 6.07) is 7.54. The molecule has 0 aromatic carbocycles. The van der Waals surface area contributed by atoms with Gasteiger partial charge in [-0.2, -0.15) is 0 Å². The van der Waals surface area contributed by atoms with E-state index in [2.05, 4.69) is 20.9 Å². The van der Waals surface area contributed by atoms with E-state index in [9.17, 15) is 9.90 Å². The van der Waals surface area contributed by atoms with E-state index in [1.54, 1.807) is 13.1 Å². The van der Waals surface area contributed by atoms with E-state index in [0.717, 1.165) is 17.1 Å². The molecule has 2 aromatic heterocycles. The molecule has 5 nitrogen and oxygen atoms in total. The quantitative estimate of drug-likeness (QED) is 0.832. The maximum atomic E-state index is 11.8. The maximum absolute atomic E-state index is 11.8. The van der Waals surface area contributed by atoms with Crippen LogP contribution in [0.5, 0.6) is 0 Å². The Morgan fingerprint density at radius 3 is 2.88 bits per heavy atom. The molecule has 2 heterocycles. The Bertz CT molecular complexity index is 918. The van der Waals surface area contributed by atoms with Gasteiger partial charge in [0.25, 0.3) is 5.56 Å². The van der Waals surface area contributed by atoms with Crippen LogP contribution >= 0.6 is 0 Å². The highest BCUT2D eigenvalue weighted by atomic mass is 16.3. The summed E-state index contributed by atoms with van der Waals surface area (Å²) in [6.45, 7) is 2.56. The highest BCUT2D eigenvalue weighted by Crippen LogP contribution is 2.36. The number of aliphatic hydroxyl groups is 1. The highest BCUT2D eigenvalue weighted by Gasteiger charge is 2.38. The van der Waals surface area contributed by atoms with Crippen LogP contribution < -0.4 is 16.1 Å². The van der Waals surface area contributed by atoms with Gasteiger partial charge in [-0.1, -0.05) is 18.2 Å². The summed E-state index contributed by atoms with van der Waals surface area (Å²) in [4.78, 5) is 21.2. The number of pyridine rings is 2. The zero-order valence-electron chi connectivity index (χ0n) is 15.0. The lowest BCUT2D eigenvalue weighted by atomic mass is 9.77. The first kappa shape index (κ1) is 17.6. The van der Waals surface area contributed by atoms with E-state index in [4.69, 9.17) is 0 Å². The number of nitrogens with zero attached hydrogens (tertiary/aromatic N) is 2. The second kappa shape index (κ2) is 6.94. The van der Waals surface area contributed by atoms with Crippen molar-refractivity contribution >= 4 is 12.2 Å². The second-order valence-electron chi connectivity index (χ2n) is 7.06. The van der Waals surface area contributed by atoms with Crippen molar-refractivity contribution in [2.24, 2.45) is 5.92 Å². The van der Waals surface area contributed by atoms with Crippen molar-refractivity contribution in [3.63, 3.8) is 0 Å². The Kier molecular flexibility index (Phi) is 4.88. The van der Waals surface area contributed by atoms with Gasteiger partial charge in [0.2, 0.25) is 0 Å². The molecule has 0 amide bonds. The average Bonchev–Trinajstić information content (AvgIpc) is 2.61. The monoisotopic (exact) mass is 339 g/mol. The van der Waals surface area contributed by atoms with Crippen molar-refractivity contribution in [3.05, 3.63) is 62.6 Å². The van der Waals surface area contributed by atoms with Gasteiger partial charge in [0, 0.05) is 29.6 Å². The van der Waals surface area contributed by atoms with Crippen LogP contribution in [0.25, 0.3) is 12.2 Å². The second-order valence-corrected chi connectivity index (χ2v) is 7.06. The van der Waals surface area contributed by atoms with E-state index in [0.29, 0.717) is 24.1 Å². The van der Waals surface area contributed by atoms with Crippen molar-refractivity contribution in [2.75, 3.05) is 20.6 Å². The van der Waals surface area contributed by atoms with E-state index >= 15 is 0 Å². The summed E-state index contributed by atoms with van der Waals surface area (Å²) >= 11 is 0. The van der Waals surface area contributed by atoms with Gasteiger partial charge in [0.1, 0.15) is 5.60 Å². The summed E-state index contributed by atoms with van der Waals surface area (Å²) in [5.74, 6) is -0.0971. The minimum absolute atomic E-state index is 0.0607. The summed E-state index contributed by atoms with van der Waals surface area (Å²) in [5, 5.41) is 13.4. The van der Waals surface area contributed by atoms with E-state index in [1.165, 1.54) is 0 Å². The molecule has 2 N–H and O–H groups in total. The van der Waals surface area contributed by atoms with Crippen LogP contribution in [0.15, 0.2) is 35.3 Å². The maximum Gasteiger partial charge on any atom is 0.251 e. The van der Waals surface area contributed by atoms with Crippen molar-refractivity contribution < 1.29 is 5.11 Å². The smallest absolute Gasteiger partial charge is 0.251 e. The molecule has 0 radical (unpaired) electrons. The molecular formula is C20H25N3O2. The van der Waals surface area contributed by atoms with Crippen molar-refractivity contribution in [2.45, 2.75) is 25.4 Å².